The van der Waals surface area contributed by atoms with E-state index in [1.807, 2.05) is 18.2 Å². The van der Waals surface area contributed by atoms with E-state index < -0.39 is 15.6 Å². The van der Waals surface area contributed by atoms with E-state index in [9.17, 15) is 13.2 Å². The van der Waals surface area contributed by atoms with Gasteiger partial charge in [-0.05, 0) is 31.3 Å². The predicted molar refractivity (Wildman–Crippen MR) is 137 cm³/mol. The van der Waals surface area contributed by atoms with E-state index in [-0.39, 0.29) is 20.4 Å². The maximum absolute atomic E-state index is 10.7. The first kappa shape index (κ1) is 32.1. The molecule has 1 saturated heterocycles. The molecular weight excluding hydrogens is 632 g/mol. The van der Waals surface area contributed by atoms with Gasteiger partial charge in [0.15, 0.2) is 10.1 Å². The summed E-state index contributed by atoms with van der Waals surface area (Å²) < 4.78 is 58.9. The van der Waals surface area contributed by atoms with Gasteiger partial charge in [0.25, 0.3) is 0 Å². The number of benzene rings is 2. The average molecular weight is 655 g/mol. The van der Waals surface area contributed by atoms with Crippen LogP contribution in [-0.2, 0) is 43.2 Å². The Bertz CT molecular complexity index is 1360. The maximum Gasteiger partial charge on any atom is 2.00 e. The minimum atomic E-state index is -6.09. The molecule has 1 aliphatic heterocycles. The van der Waals surface area contributed by atoms with Crippen LogP contribution in [-0.4, -0.2) is 64.1 Å². The van der Waals surface area contributed by atoms with Crippen molar-refractivity contribution in [3.63, 3.8) is 0 Å². The van der Waals surface area contributed by atoms with Gasteiger partial charge in [-0.2, -0.15) is 18.9 Å². The van der Waals surface area contributed by atoms with E-state index in [1.54, 1.807) is 12.4 Å². The Labute approximate surface area is 238 Å². The van der Waals surface area contributed by atoms with Crippen LogP contribution in [0.15, 0.2) is 79.1 Å². The van der Waals surface area contributed by atoms with Gasteiger partial charge in [-0.25, -0.2) is 8.42 Å². The fourth-order valence-electron chi connectivity index (χ4n) is 3.60. The zero-order valence-corrected chi connectivity index (χ0v) is 23.2. The molecule has 0 N–H and O–H groups in total. The summed E-state index contributed by atoms with van der Waals surface area (Å²) in [6.07, 6.45) is 3.60. The van der Waals surface area contributed by atoms with Gasteiger partial charge in [-0.1, -0.05) is 54.6 Å². The first-order valence-electron chi connectivity index (χ1n) is 11.0. The number of pyridine rings is 2. The van der Waals surface area contributed by atoms with Crippen molar-refractivity contribution in [1.82, 2.24) is 19.8 Å². The molecule has 7 nitrogen and oxygen atoms in total. The molecule has 3 heterocycles. The van der Waals surface area contributed by atoms with Crippen LogP contribution in [0.3, 0.4) is 0 Å². The molecule has 0 bridgehead atoms. The first-order valence-corrected chi connectivity index (χ1v) is 13.0. The molecule has 1 aliphatic rings. The van der Waals surface area contributed by atoms with Gasteiger partial charge in [0.2, 0.25) is 0 Å². The van der Waals surface area contributed by atoms with E-state index >= 15 is 0 Å². The van der Waals surface area contributed by atoms with Crippen LogP contribution in [0.25, 0.3) is 21.8 Å². The zero-order valence-electron chi connectivity index (χ0n) is 20.0. The molecule has 204 valence electrons. The smallest absolute Gasteiger partial charge is 0.791 e. The van der Waals surface area contributed by atoms with Crippen molar-refractivity contribution in [3.05, 3.63) is 91.4 Å². The molecule has 0 amide bonds. The summed E-state index contributed by atoms with van der Waals surface area (Å²) in [5.74, 6) is 0.766. The third-order valence-electron chi connectivity index (χ3n) is 5.33. The van der Waals surface area contributed by atoms with Gasteiger partial charge in [-0.3, -0.25) is 19.8 Å². The van der Waals surface area contributed by atoms with Crippen molar-refractivity contribution in [3.8, 4) is 0 Å². The molecule has 13 heteroatoms. The van der Waals surface area contributed by atoms with Gasteiger partial charge in [0, 0.05) is 35.8 Å². The molecule has 1 atom stereocenters. The molecule has 0 unspecified atom stereocenters. The minimum Gasteiger partial charge on any atom is -0.791 e. The summed E-state index contributed by atoms with van der Waals surface area (Å²) in [5.41, 5.74) is -2.34. The summed E-state index contributed by atoms with van der Waals surface area (Å²) in [4.78, 5) is 13.0. The molecule has 0 spiro atoms. The molecule has 2 aromatic carbocycles. The number of hydrogen-bond acceptors (Lipinski definition) is 8. The van der Waals surface area contributed by atoms with Crippen molar-refractivity contribution >= 4 is 44.6 Å². The number of nitrogens with zero attached hydrogens (tertiary/aromatic N) is 4. The molecule has 1 fully saturated rings. The van der Waals surface area contributed by atoms with Crippen LogP contribution >= 0.6 is 0 Å². The molecule has 2 aromatic heterocycles. The van der Waals surface area contributed by atoms with Crippen LogP contribution in [0.4, 0.5) is 13.2 Å². The minimum absolute atomic E-state index is 0. The third kappa shape index (κ3) is 8.71. The topological polar surface area (TPSA) is 89.5 Å². The SMILES string of the molecule is CN1[C]N(CC[S-])C[C@@H]1c1ccccc1.O=S(=O)([O-])C(F)(F)F.[Pd+2].c1cnc2c(c1)ccc1cccnc12. The van der Waals surface area contributed by atoms with Crippen LogP contribution in [0.1, 0.15) is 11.6 Å². The van der Waals surface area contributed by atoms with Crippen molar-refractivity contribution < 1.29 is 46.6 Å². The number of hydrogen-bond donors (Lipinski definition) is 0. The fraction of sp³-hybridized carbons (Fsp3) is 0.240. The summed E-state index contributed by atoms with van der Waals surface area (Å²) in [6.45, 7) is 5.22. The summed E-state index contributed by atoms with van der Waals surface area (Å²) in [7, 11) is -4.02. The summed E-state index contributed by atoms with van der Waals surface area (Å²) in [6, 6.07) is 23.1. The molecular formula is C25H23F3N4O3PdS2. The van der Waals surface area contributed by atoms with Crippen LogP contribution < -0.4 is 0 Å². The number of alkyl halides is 3. The van der Waals surface area contributed by atoms with Crippen molar-refractivity contribution in [2.24, 2.45) is 0 Å². The zero-order chi connectivity index (χ0) is 27.1. The molecule has 0 aliphatic carbocycles. The van der Waals surface area contributed by atoms with E-state index in [2.05, 4.69) is 82.0 Å². The Morgan fingerprint density at radius 2 is 1.47 bits per heavy atom. The van der Waals surface area contributed by atoms with Gasteiger partial charge >= 0.3 is 25.9 Å². The first-order chi connectivity index (χ1) is 17.5. The van der Waals surface area contributed by atoms with Crippen molar-refractivity contribution in [1.29, 1.82) is 0 Å². The Kier molecular flexibility index (Phi) is 12.1. The average Bonchev–Trinajstić information content (AvgIpc) is 3.24. The van der Waals surface area contributed by atoms with Gasteiger partial charge < -0.3 is 17.2 Å². The van der Waals surface area contributed by atoms with Crippen molar-refractivity contribution in [2.45, 2.75) is 11.6 Å². The van der Waals surface area contributed by atoms with Crippen LogP contribution in [0.5, 0.6) is 0 Å². The van der Waals surface area contributed by atoms with Crippen molar-refractivity contribution in [2.75, 3.05) is 25.9 Å². The van der Waals surface area contributed by atoms with Crippen LogP contribution in [0.2, 0.25) is 0 Å². The number of halogens is 3. The Morgan fingerprint density at radius 3 is 1.92 bits per heavy atom. The van der Waals surface area contributed by atoms with E-state index in [0.717, 1.165) is 40.6 Å². The Morgan fingerprint density at radius 1 is 0.974 bits per heavy atom. The third-order valence-corrected chi connectivity index (χ3v) is 6.08. The van der Waals surface area contributed by atoms with E-state index in [1.165, 1.54) is 5.56 Å². The molecule has 38 heavy (non-hydrogen) atoms. The predicted octanol–water partition coefficient (Wildman–Crippen LogP) is 4.35. The second-order valence-corrected chi connectivity index (χ2v) is 9.68. The number of rotatable bonds is 3. The summed E-state index contributed by atoms with van der Waals surface area (Å²) in [5, 5.41) is 2.28. The normalized spacial score (nSPS) is 16.2. The van der Waals surface area contributed by atoms with E-state index in [4.69, 9.17) is 25.6 Å². The van der Waals surface area contributed by atoms with Crippen LogP contribution in [0, 0.1) is 6.67 Å². The standard InChI is InChI=1S/C12H16N2S.C12H8N2.CHF3O3S.Pd/c1-13-10-14(7-8-15)9-12(13)11-5-3-2-4-6-11;1-3-9-5-6-10-4-2-8-14-12(10)11(9)13-7-1;2-1(3,4)8(5,6)7;/h2-6,12,15H,7-9H2,1H3;1-8H;(H,5,6,7);/q;;;+2/p-2/t12-;;;/m1.../s1. The number of aromatic nitrogens is 2. The molecule has 5 rings (SSSR count). The maximum atomic E-state index is 10.7. The molecule has 0 saturated carbocycles. The molecule has 4 aromatic rings. The second-order valence-electron chi connectivity index (χ2n) is 7.90. The summed E-state index contributed by atoms with van der Waals surface area (Å²) >= 11 is 4.98. The van der Waals surface area contributed by atoms with E-state index in [0.29, 0.717) is 6.04 Å². The van der Waals surface area contributed by atoms with Gasteiger partial charge in [0.1, 0.15) is 6.67 Å². The molecule has 2 radical (unpaired) electrons. The Balaban J connectivity index is 0.000000207. The largest absolute Gasteiger partial charge is 2.00 e. The monoisotopic (exact) mass is 654 g/mol. The second kappa shape index (κ2) is 14.3. The fourth-order valence-corrected chi connectivity index (χ4v) is 3.82. The quantitative estimate of drug-likeness (QED) is 0.106. The Hall–Kier alpha value is -2.11. The van der Waals surface area contributed by atoms with Gasteiger partial charge in [0.05, 0.1) is 11.0 Å². The van der Waals surface area contributed by atoms with Gasteiger partial charge in [-0.15, -0.1) is 0 Å². The number of likely N-dealkylation sites (N-methyl/N-ethyl adjacent to an activating group) is 1. The number of fused-ring (bicyclic) bond motifs is 3.